The number of halogens is 1. The summed E-state index contributed by atoms with van der Waals surface area (Å²) in [4.78, 5) is 4.75. The number of pyridine rings is 1. The van der Waals surface area contributed by atoms with Crippen molar-refractivity contribution in [3.8, 4) is 0 Å². The molecule has 0 fully saturated rings. The number of aliphatic hydroxyl groups is 1. The molecule has 4 aromatic rings. The molecule has 3 aromatic carbocycles. The van der Waals surface area contributed by atoms with E-state index in [1.165, 1.54) is 22.3 Å². The van der Waals surface area contributed by atoms with Crippen LogP contribution in [0.1, 0.15) is 55.1 Å². The van der Waals surface area contributed by atoms with Gasteiger partial charge in [-0.15, -0.1) is 0 Å². The molecule has 0 amide bonds. The molecule has 0 spiro atoms. The largest absolute Gasteiger partial charge is 0.386 e. The molecule has 0 saturated heterocycles. The molecule has 2 nitrogen and oxygen atoms in total. The van der Waals surface area contributed by atoms with E-state index >= 15 is 0 Å². The Morgan fingerprint density at radius 3 is 2.55 bits per heavy atom. The number of hydrogen-bond acceptors (Lipinski definition) is 2. The first-order valence-electron chi connectivity index (χ1n) is 11.4. The van der Waals surface area contributed by atoms with E-state index in [0.29, 0.717) is 5.02 Å². The molecule has 3 heteroatoms. The van der Waals surface area contributed by atoms with E-state index in [0.717, 1.165) is 41.4 Å². The third kappa shape index (κ3) is 5.90. The molecule has 0 radical (unpaired) electrons. The second-order valence-corrected chi connectivity index (χ2v) is 9.61. The zero-order valence-electron chi connectivity index (χ0n) is 19.5. The van der Waals surface area contributed by atoms with Crippen LogP contribution in [-0.4, -0.2) is 10.1 Å². The number of rotatable bonds is 7. The van der Waals surface area contributed by atoms with Gasteiger partial charge in [0, 0.05) is 10.4 Å². The maximum Gasteiger partial charge on any atom is 0.0843 e. The van der Waals surface area contributed by atoms with E-state index in [1.54, 1.807) is 0 Å². The van der Waals surface area contributed by atoms with Gasteiger partial charge in [-0.1, -0.05) is 72.3 Å². The van der Waals surface area contributed by atoms with Gasteiger partial charge in [-0.3, -0.25) is 0 Å². The SMILES string of the molecule is C/C(=C\c1ccc2ccc(Cl)cc2n1)c1cccc(CCCc2ccccc2C(C)(C)O)c1. The van der Waals surface area contributed by atoms with Crippen LogP contribution in [0.5, 0.6) is 0 Å². The lowest BCUT2D eigenvalue weighted by molar-refractivity contribution is 0.0776. The van der Waals surface area contributed by atoms with Crippen molar-refractivity contribution in [2.75, 3.05) is 0 Å². The van der Waals surface area contributed by atoms with Crippen LogP contribution in [0.4, 0.5) is 0 Å². The summed E-state index contributed by atoms with van der Waals surface area (Å²) in [6, 6.07) is 26.8. The lowest BCUT2D eigenvalue weighted by Crippen LogP contribution is -2.18. The zero-order chi connectivity index (χ0) is 23.4. The first-order chi connectivity index (χ1) is 15.8. The molecule has 0 bridgehead atoms. The molecule has 0 unspecified atom stereocenters. The highest BCUT2D eigenvalue weighted by molar-refractivity contribution is 6.31. The number of aryl methyl sites for hydroxylation is 2. The predicted octanol–water partition coefficient (Wildman–Crippen LogP) is 7.85. The van der Waals surface area contributed by atoms with E-state index in [1.807, 2.05) is 56.3 Å². The van der Waals surface area contributed by atoms with E-state index in [4.69, 9.17) is 16.6 Å². The number of aromatic nitrogens is 1. The summed E-state index contributed by atoms with van der Waals surface area (Å²) < 4.78 is 0. The Kier molecular flexibility index (Phi) is 6.97. The van der Waals surface area contributed by atoms with Gasteiger partial charge < -0.3 is 5.11 Å². The van der Waals surface area contributed by atoms with E-state index in [9.17, 15) is 5.11 Å². The fraction of sp³-hybridized carbons (Fsp3) is 0.233. The summed E-state index contributed by atoms with van der Waals surface area (Å²) >= 11 is 6.13. The molecule has 1 heterocycles. The molecule has 1 N–H and O–H groups in total. The average molecular weight is 456 g/mol. The van der Waals surface area contributed by atoms with E-state index in [-0.39, 0.29) is 0 Å². The fourth-order valence-electron chi connectivity index (χ4n) is 4.28. The first kappa shape index (κ1) is 23.2. The van der Waals surface area contributed by atoms with Gasteiger partial charge in [0.05, 0.1) is 16.8 Å². The lowest BCUT2D eigenvalue weighted by Gasteiger charge is -2.21. The Bertz CT molecular complexity index is 1300. The lowest BCUT2D eigenvalue weighted by atomic mass is 9.90. The maximum absolute atomic E-state index is 10.5. The van der Waals surface area contributed by atoms with Gasteiger partial charge in [0.1, 0.15) is 0 Å². The number of allylic oxidation sites excluding steroid dienone is 1. The van der Waals surface area contributed by atoms with Crippen LogP contribution in [-0.2, 0) is 18.4 Å². The van der Waals surface area contributed by atoms with Crippen LogP contribution in [0, 0.1) is 0 Å². The van der Waals surface area contributed by atoms with Crippen LogP contribution in [0.25, 0.3) is 22.6 Å². The van der Waals surface area contributed by atoms with Crippen molar-refractivity contribution >= 4 is 34.2 Å². The Labute approximate surface area is 201 Å². The summed E-state index contributed by atoms with van der Waals surface area (Å²) in [7, 11) is 0. The Balaban J connectivity index is 1.47. The van der Waals surface area contributed by atoms with Gasteiger partial charge in [-0.05, 0) is 92.1 Å². The summed E-state index contributed by atoms with van der Waals surface area (Å²) in [5.74, 6) is 0. The van der Waals surface area contributed by atoms with Crippen LogP contribution in [0.15, 0.2) is 78.9 Å². The Hall–Kier alpha value is -2.94. The summed E-state index contributed by atoms with van der Waals surface area (Å²) in [5, 5.41) is 12.2. The summed E-state index contributed by atoms with van der Waals surface area (Å²) in [6.07, 6.45) is 5.10. The minimum Gasteiger partial charge on any atom is -0.386 e. The predicted molar refractivity (Wildman–Crippen MR) is 140 cm³/mol. The van der Waals surface area contributed by atoms with Crippen molar-refractivity contribution in [1.82, 2.24) is 4.98 Å². The highest BCUT2D eigenvalue weighted by atomic mass is 35.5. The quantitative estimate of drug-likeness (QED) is 0.307. The van der Waals surface area contributed by atoms with Crippen molar-refractivity contribution in [1.29, 1.82) is 0 Å². The van der Waals surface area contributed by atoms with Gasteiger partial charge >= 0.3 is 0 Å². The van der Waals surface area contributed by atoms with E-state index in [2.05, 4.69) is 49.4 Å². The molecular formula is C30H30ClNO. The number of hydrogen-bond donors (Lipinski definition) is 1. The molecule has 0 aliphatic carbocycles. The fourth-order valence-corrected chi connectivity index (χ4v) is 4.45. The van der Waals surface area contributed by atoms with Gasteiger partial charge in [0.25, 0.3) is 0 Å². The Morgan fingerprint density at radius 1 is 0.939 bits per heavy atom. The Morgan fingerprint density at radius 2 is 1.73 bits per heavy atom. The topological polar surface area (TPSA) is 33.1 Å². The van der Waals surface area contributed by atoms with Crippen molar-refractivity contribution in [3.05, 3.63) is 112 Å². The highest BCUT2D eigenvalue weighted by Gasteiger charge is 2.18. The highest BCUT2D eigenvalue weighted by Crippen LogP contribution is 2.26. The van der Waals surface area contributed by atoms with Gasteiger partial charge in [0.2, 0.25) is 0 Å². The van der Waals surface area contributed by atoms with Gasteiger partial charge in [-0.25, -0.2) is 4.98 Å². The van der Waals surface area contributed by atoms with Crippen LogP contribution in [0.2, 0.25) is 5.02 Å². The molecular weight excluding hydrogens is 426 g/mol. The molecule has 1 aromatic heterocycles. The standard InChI is InChI=1S/C30H30ClNO/c1-21(18-27-17-15-24-14-16-26(31)20-29(24)32-27)25-12-7-9-22(19-25)8-6-11-23-10-4-5-13-28(23)30(2,3)33/h4-5,7,9-10,12-20,33H,6,8,11H2,1-3H3/b21-18+. The van der Waals surface area contributed by atoms with Crippen LogP contribution < -0.4 is 0 Å². The summed E-state index contributed by atoms with van der Waals surface area (Å²) in [6.45, 7) is 5.83. The number of nitrogens with zero attached hydrogens (tertiary/aromatic N) is 1. The monoisotopic (exact) mass is 455 g/mol. The van der Waals surface area contributed by atoms with E-state index < -0.39 is 5.60 Å². The molecule has 0 aliphatic heterocycles. The van der Waals surface area contributed by atoms with Crippen molar-refractivity contribution in [2.45, 2.75) is 45.6 Å². The van der Waals surface area contributed by atoms with Crippen molar-refractivity contribution in [2.24, 2.45) is 0 Å². The second-order valence-electron chi connectivity index (χ2n) is 9.17. The molecule has 0 saturated carbocycles. The third-order valence-corrected chi connectivity index (χ3v) is 6.25. The van der Waals surface area contributed by atoms with Crippen LogP contribution >= 0.6 is 11.6 Å². The third-order valence-electron chi connectivity index (χ3n) is 6.01. The minimum absolute atomic E-state index is 0.700. The molecule has 4 rings (SSSR count). The minimum atomic E-state index is -0.819. The van der Waals surface area contributed by atoms with Gasteiger partial charge in [-0.2, -0.15) is 0 Å². The smallest absolute Gasteiger partial charge is 0.0843 e. The molecule has 0 atom stereocenters. The molecule has 0 aliphatic rings. The van der Waals surface area contributed by atoms with Crippen molar-refractivity contribution in [3.63, 3.8) is 0 Å². The maximum atomic E-state index is 10.5. The van der Waals surface area contributed by atoms with Crippen LogP contribution in [0.3, 0.4) is 0 Å². The zero-order valence-corrected chi connectivity index (χ0v) is 20.2. The average Bonchev–Trinajstić information content (AvgIpc) is 2.78. The normalized spacial score (nSPS) is 12.3. The molecule has 33 heavy (non-hydrogen) atoms. The second kappa shape index (κ2) is 9.91. The number of benzene rings is 3. The summed E-state index contributed by atoms with van der Waals surface area (Å²) in [5.41, 5.74) is 6.96. The van der Waals surface area contributed by atoms with Crippen molar-refractivity contribution < 1.29 is 5.11 Å². The number of fused-ring (bicyclic) bond motifs is 1. The van der Waals surface area contributed by atoms with Gasteiger partial charge in [0.15, 0.2) is 0 Å². The molecule has 168 valence electrons. The first-order valence-corrected chi connectivity index (χ1v) is 11.8.